The lowest BCUT2D eigenvalue weighted by atomic mass is 10.2. The van der Waals surface area contributed by atoms with Crippen molar-refractivity contribution in [2.75, 3.05) is 13.7 Å². The fourth-order valence-electron chi connectivity index (χ4n) is 1.14. The van der Waals surface area contributed by atoms with Crippen molar-refractivity contribution in [2.24, 2.45) is 0 Å². The molecular weight excluding hydrogens is 278 g/mol. The van der Waals surface area contributed by atoms with Crippen LogP contribution in [-0.2, 0) is 14.8 Å². The van der Waals surface area contributed by atoms with Crippen LogP contribution in [0.15, 0.2) is 40.8 Å². The van der Waals surface area contributed by atoms with E-state index >= 15 is 0 Å². The molecule has 1 rings (SSSR count). The normalized spacial score (nSPS) is 11.0. The van der Waals surface area contributed by atoms with Crippen LogP contribution in [0, 0.1) is 0 Å². The van der Waals surface area contributed by atoms with Crippen LogP contribution in [-0.4, -0.2) is 28.0 Å². The highest BCUT2D eigenvalue weighted by Crippen LogP contribution is 2.12. The van der Waals surface area contributed by atoms with Crippen molar-refractivity contribution in [1.82, 2.24) is 4.72 Å². The molecule has 98 valence electrons. The highest BCUT2D eigenvalue weighted by atomic mass is 35.5. The molecule has 0 aliphatic heterocycles. The first-order valence-corrected chi connectivity index (χ1v) is 6.77. The third-order valence-corrected chi connectivity index (χ3v) is 3.53. The zero-order valence-electron chi connectivity index (χ0n) is 9.64. The van der Waals surface area contributed by atoms with Crippen molar-refractivity contribution >= 4 is 27.6 Å². The van der Waals surface area contributed by atoms with E-state index in [0.29, 0.717) is 0 Å². The molecule has 0 atom stereocenters. The predicted molar refractivity (Wildman–Crippen MR) is 68.0 cm³/mol. The second kappa shape index (κ2) is 5.99. The number of nitrogens with one attached hydrogen (secondary N) is 1. The molecule has 0 heterocycles. The molecule has 0 radical (unpaired) electrons. The number of carbonyl (C=O) groups is 1. The van der Waals surface area contributed by atoms with Gasteiger partial charge in [-0.25, -0.2) is 17.9 Å². The lowest BCUT2D eigenvalue weighted by Gasteiger charge is -2.06. The first kappa shape index (κ1) is 14.7. The van der Waals surface area contributed by atoms with Gasteiger partial charge in [-0.05, 0) is 25.2 Å². The topological polar surface area (TPSA) is 72.5 Å². The van der Waals surface area contributed by atoms with E-state index in [1.54, 1.807) is 0 Å². The van der Waals surface area contributed by atoms with Crippen LogP contribution in [0.5, 0.6) is 0 Å². The van der Waals surface area contributed by atoms with Gasteiger partial charge in [0.2, 0.25) is 10.0 Å². The van der Waals surface area contributed by atoms with Crippen molar-refractivity contribution in [1.29, 1.82) is 0 Å². The van der Waals surface area contributed by atoms with Crippen molar-refractivity contribution < 1.29 is 17.9 Å². The molecule has 7 heteroatoms. The summed E-state index contributed by atoms with van der Waals surface area (Å²) in [6, 6.07) is 5.51. The first-order valence-electron chi connectivity index (χ1n) is 4.91. The average Bonchev–Trinajstić information content (AvgIpc) is 2.36. The van der Waals surface area contributed by atoms with Crippen LogP contribution < -0.4 is 4.72 Å². The van der Waals surface area contributed by atoms with Crippen LogP contribution in [0.25, 0.3) is 0 Å². The van der Waals surface area contributed by atoms with E-state index in [0.717, 1.165) is 0 Å². The maximum absolute atomic E-state index is 11.6. The first-order chi connectivity index (χ1) is 8.36. The molecule has 0 aliphatic rings. The van der Waals surface area contributed by atoms with Gasteiger partial charge in [0.05, 0.1) is 10.5 Å². The van der Waals surface area contributed by atoms with Crippen molar-refractivity contribution in [3.63, 3.8) is 0 Å². The molecule has 0 saturated heterocycles. The van der Waals surface area contributed by atoms with Crippen LogP contribution in [0.1, 0.15) is 10.4 Å². The van der Waals surface area contributed by atoms with E-state index in [2.05, 4.69) is 11.3 Å². The van der Waals surface area contributed by atoms with Crippen molar-refractivity contribution in [3.8, 4) is 0 Å². The monoisotopic (exact) mass is 289 g/mol. The summed E-state index contributed by atoms with van der Waals surface area (Å²) in [4.78, 5) is 11.6. The Morgan fingerprint density at radius 3 is 2.72 bits per heavy atom. The Labute approximate surface area is 110 Å². The van der Waals surface area contributed by atoms with Crippen LogP contribution in [0.4, 0.5) is 0 Å². The van der Waals surface area contributed by atoms with Gasteiger partial charge < -0.3 is 4.74 Å². The molecule has 0 aliphatic carbocycles. The van der Waals surface area contributed by atoms with E-state index in [-0.39, 0.29) is 22.1 Å². The predicted octanol–water partition coefficient (Wildman–Crippen LogP) is 1.50. The summed E-state index contributed by atoms with van der Waals surface area (Å²) >= 11 is 5.46. The molecule has 0 spiro atoms. The number of benzene rings is 1. The third kappa shape index (κ3) is 3.83. The summed E-state index contributed by atoms with van der Waals surface area (Å²) in [5.41, 5.74) is 0.129. The lowest BCUT2D eigenvalue weighted by molar-refractivity contribution is 0.0546. The van der Waals surface area contributed by atoms with Gasteiger partial charge in [0, 0.05) is 5.03 Å². The Morgan fingerprint density at radius 2 is 2.17 bits per heavy atom. The smallest absolute Gasteiger partial charge is 0.338 e. The average molecular weight is 290 g/mol. The SMILES string of the molecule is C=C(Cl)COC(=O)c1cccc(S(=O)(=O)NC)c1. The lowest BCUT2D eigenvalue weighted by Crippen LogP contribution is -2.19. The number of hydrogen-bond acceptors (Lipinski definition) is 4. The van der Waals surface area contributed by atoms with Gasteiger partial charge in [-0.3, -0.25) is 0 Å². The fraction of sp³-hybridized carbons (Fsp3) is 0.182. The second-order valence-electron chi connectivity index (χ2n) is 3.33. The number of hydrogen-bond donors (Lipinski definition) is 1. The highest BCUT2D eigenvalue weighted by molar-refractivity contribution is 7.89. The minimum absolute atomic E-state index is 0.0100. The zero-order valence-corrected chi connectivity index (χ0v) is 11.2. The van der Waals surface area contributed by atoms with E-state index in [1.807, 2.05) is 0 Å². The number of esters is 1. The number of ether oxygens (including phenoxy) is 1. The highest BCUT2D eigenvalue weighted by Gasteiger charge is 2.14. The molecular formula is C11H12ClNO4S. The van der Waals surface area contributed by atoms with Gasteiger partial charge in [-0.1, -0.05) is 24.2 Å². The van der Waals surface area contributed by atoms with E-state index < -0.39 is 16.0 Å². The Kier molecular flexibility index (Phi) is 4.89. The van der Waals surface area contributed by atoms with Gasteiger partial charge in [0.1, 0.15) is 6.61 Å². The summed E-state index contributed by atoms with van der Waals surface area (Å²) in [6.45, 7) is 3.25. The second-order valence-corrected chi connectivity index (χ2v) is 5.75. The van der Waals surface area contributed by atoms with Gasteiger partial charge >= 0.3 is 5.97 Å². The molecule has 0 unspecified atom stereocenters. The molecule has 5 nitrogen and oxygen atoms in total. The Bertz CT molecular complexity index is 568. The summed E-state index contributed by atoms with van der Waals surface area (Å²) in [6.07, 6.45) is 0. The number of rotatable bonds is 5. The van der Waals surface area contributed by atoms with E-state index in [9.17, 15) is 13.2 Å². The number of carbonyl (C=O) groups excluding carboxylic acids is 1. The van der Waals surface area contributed by atoms with Crippen LogP contribution >= 0.6 is 11.6 Å². The molecule has 1 N–H and O–H groups in total. The van der Waals surface area contributed by atoms with Crippen LogP contribution in [0.3, 0.4) is 0 Å². The van der Waals surface area contributed by atoms with E-state index in [1.165, 1.54) is 31.3 Å². The standard InChI is InChI=1S/C11H12ClNO4S/c1-8(12)7-17-11(14)9-4-3-5-10(6-9)18(15,16)13-2/h3-6,13H,1,7H2,2H3. The maximum atomic E-state index is 11.6. The van der Waals surface area contributed by atoms with Gasteiger partial charge in [-0.15, -0.1) is 0 Å². The Balaban J connectivity index is 2.96. The summed E-state index contributed by atoms with van der Waals surface area (Å²) in [5.74, 6) is -0.662. The van der Waals surface area contributed by atoms with Crippen molar-refractivity contribution in [3.05, 3.63) is 41.4 Å². The quantitative estimate of drug-likeness (QED) is 0.834. The molecule has 0 saturated carbocycles. The number of sulfonamides is 1. The molecule has 18 heavy (non-hydrogen) atoms. The molecule has 1 aromatic rings. The molecule has 0 aromatic heterocycles. The van der Waals surface area contributed by atoms with Crippen LogP contribution in [0.2, 0.25) is 0 Å². The van der Waals surface area contributed by atoms with Gasteiger partial charge in [0.15, 0.2) is 0 Å². The van der Waals surface area contributed by atoms with Gasteiger partial charge in [-0.2, -0.15) is 0 Å². The third-order valence-electron chi connectivity index (χ3n) is 2.01. The summed E-state index contributed by atoms with van der Waals surface area (Å²) in [7, 11) is -2.30. The summed E-state index contributed by atoms with van der Waals surface area (Å²) < 4.78 is 30.1. The van der Waals surface area contributed by atoms with E-state index in [4.69, 9.17) is 16.3 Å². The zero-order chi connectivity index (χ0) is 13.8. The summed E-state index contributed by atoms with van der Waals surface area (Å²) in [5, 5.41) is 0.183. The molecule has 0 amide bonds. The minimum Gasteiger partial charge on any atom is -0.456 e. The largest absolute Gasteiger partial charge is 0.456 e. The minimum atomic E-state index is -3.59. The molecule has 1 aromatic carbocycles. The molecule has 0 fully saturated rings. The van der Waals surface area contributed by atoms with Gasteiger partial charge in [0.25, 0.3) is 0 Å². The number of halogens is 1. The molecule has 0 bridgehead atoms. The Hall–Kier alpha value is -1.37. The fourth-order valence-corrected chi connectivity index (χ4v) is 1.97. The Morgan fingerprint density at radius 1 is 1.50 bits per heavy atom. The maximum Gasteiger partial charge on any atom is 0.338 e. The van der Waals surface area contributed by atoms with Crippen molar-refractivity contribution in [2.45, 2.75) is 4.90 Å².